The van der Waals surface area contributed by atoms with E-state index in [4.69, 9.17) is 14.2 Å². The number of aryl methyl sites for hydroxylation is 1. The van der Waals surface area contributed by atoms with Crippen LogP contribution in [0.1, 0.15) is 11.1 Å². The van der Waals surface area contributed by atoms with Gasteiger partial charge in [0.1, 0.15) is 11.0 Å². The smallest absolute Gasteiger partial charge is 0.216 e. The number of ether oxygens (including phenoxy) is 3. The number of benzene rings is 2. The first-order chi connectivity index (χ1) is 12.4. The van der Waals surface area contributed by atoms with Crippen LogP contribution in [0.25, 0.3) is 6.08 Å². The fourth-order valence-corrected chi connectivity index (χ4v) is 3.54. The van der Waals surface area contributed by atoms with E-state index in [0.717, 1.165) is 5.56 Å². The highest BCUT2D eigenvalue weighted by molar-refractivity contribution is 7.95. The molecule has 7 heteroatoms. The van der Waals surface area contributed by atoms with Crippen LogP contribution in [-0.2, 0) is 9.84 Å². The van der Waals surface area contributed by atoms with E-state index in [1.165, 1.54) is 39.5 Å². The number of allylic oxidation sites excluding steroid dienone is 1. The van der Waals surface area contributed by atoms with Gasteiger partial charge >= 0.3 is 0 Å². The van der Waals surface area contributed by atoms with Crippen molar-refractivity contribution in [2.24, 2.45) is 0 Å². The van der Waals surface area contributed by atoms with E-state index in [1.54, 1.807) is 30.3 Å². The summed E-state index contributed by atoms with van der Waals surface area (Å²) in [6.45, 7) is 1.85. The fraction of sp³-hybridized carbons (Fsp3) is 0.211. The Hall–Kier alpha value is -2.98. The lowest BCUT2D eigenvalue weighted by atomic mass is 10.1. The summed E-state index contributed by atoms with van der Waals surface area (Å²) in [5.74, 6) is 1.02. The number of hydrogen-bond donors (Lipinski definition) is 0. The van der Waals surface area contributed by atoms with Gasteiger partial charge in [0.25, 0.3) is 0 Å². The van der Waals surface area contributed by atoms with Crippen molar-refractivity contribution in [2.75, 3.05) is 21.3 Å². The van der Waals surface area contributed by atoms with Crippen molar-refractivity contribution >= 4 is 15.9 Å². The predicted molar refractivity (Wildman–Crippen MR) is 98.1 cm³/mol. The van der Waals surface area contributed by atoms with E-state index < -0.39 is 14.7 Å². The van der Waals surface area contributed by atoms with Gasteiger partial charge in [-0.3, -0.25) is 0 Å². The van der Waals surface area contributed by atoms with Crippen LogP contribution in [0.2, 0.25) is 0 Å². The molecular weight excluding hydrogens is 354 g/mol. The summed E-state index contributed by atoms with van der Waals surface area (Å²) in [6.07, 6.45) is 1.26. The average Bonchev–Trinajstić information content (AvgIpc) is 2.65. The second-order valence-corrected chi connectivity index (χ2v) is 7.28. The van der Waals surface area contributed by atoms with Crippen LogP contribution in [0, 0.1) is 18.3 Å². The monoisotopic (exact) mass is 373 g/mol. The number of nitrogens with zero attached hydrogens (tertiary/aromatic N) is 1. The molecule has 0 saturated carbocycles. The molecule has 0 N–H and O–H groups in total. The average molecular weight is 373 g/mol. The zero-order valence-electron chi connectivity index (χ0n) is 14.9. The van der Waals surface area contributed by atoms with Gasteiger partial charge in [0.2, 0.25) is 15.6 Å². The Balaban J connectivity index is 2.63. The van der Waals surface area contributed by atoms with Gasteiger partial charge in [-0.2, -0.15) is 5.26 Å². The molecule has 0 spiro atoms. The Labute approximate surface area is 153 Å². The van der Waals surface area contributed by atoms with Gasteiger partial charge in [0, 0.05) is 5.56 Å². The Morgan fingerprint density at radius 2 is 1.58 bits per heavy atom. The van der Waals surface area contributed by atoms with E-state index in [2.05, 4.69) is 0 Å². The van der Waals surface area contributed by atoms with E-state index in [-0.39, 0.29) is 10.6 Å². The van der Waals surface area contributed by atoms with Gasteiger partial charge in [-0.1, -0.05) is 17.7 Å². The molecule has 2 aromatic carbocycles. The second kappa shape index (κ2) is 7.93. The van der Waals surface area contributed by atoms with Crippen molar-refractivity contribution < 1.29 is 22.6 Å². The molecule has 0 unspecified atom stereocenters. The molecule has 2 aromatic rings. The zero-order valence-corrected chi connectivity index (χ0v) is 15.8. The molecule has 0 aliphatic carbocycles. The first-order valence-corrected chi connectivity index (χ1v) is 9.09. The van der Waals surface area contributed by atoms with Crippen LogP contribution in [0.5, 0.6) is 17.2 Å². The highest BCUT2D eigenvalue weighted by Crippen LogP contribution is 2.41. The van der Waals surface area contributed by atoms with Gasteiger partial charge in [-0.25, -0.2) is 8.42 Å². The minimum atomic E-state index is -3.95. The maximum Gasteiger partial charge on any atom is 0.216 e. The summed E-state index contributed by atoms with van der Waals surface area (Å²) in [5, 5.41) is 9.44. The molecule has 0 bridgehead atoms. The molecule has 136 valence electrons. The molecule has 26 heavy (non-hydrogen) atoms. The lowest BCUT2D eigenvalue weighted by molar-refractivity contribution is 0.324. The summed E-state index contributed by atoms with van der Waals surface area (Å²) < 4.78 is 41.4. The van der Waals surface area contributed by atoms with Gasteiger partial charge in [-0.05, 0) is 37.3 Å². The van der Waals surface area contributed by atoms with Crippen molar-refractivity contribution in [3.8, 4) is 23.3 Å². The lowest BCUT2D eigenvalue weighted by Gasteiger charge is -2.14. The van der Waals surface area contributed by atoms with Crippen molar-refractivity contribution in [1.29, 1.82) is 5.26 Å². The van der Waals surface area contributed by atoms with E-state index in [9.17, 15) is 13.7 Å². The Morgan fingerprint density at radius 1 is 0.962 bits per heavy atom. The highest BCUT2D eigenvalue weighted by Gasteiger charge is 2.22. The minimum Gasteiger partial charge on any atom is -0.493 e. The molecule has 0 radical (unpaired) electrons. The van der Waals surface area contributed by atoms with Gasteiger partial charge in [0.15, 0.2) is 11.5 Å². The summed E-state index contributed by atoms with van der Waals surface area (Å²) in [5.41, 5.74) is 1.31. The quantitative estimate of drug-likeness (QED) is 0.722. The topological polar surface area (TPSA) is 85.6 Å². The predicted octanol–water partition coefficient (Wildman–Crippen LogP) is 3.36. The lowest BCUT2D eigenvalue weighted by Crippen LogP contribution is -2.04. The first-order valence-electron chi connectivity index (χ1n) is 7.61. The third-order valence-electron chi connectivity index (χ3n) is 3.75. The molecular formula is C19H19NO5S. The number of rotatable bonds is 6. The largest absolute Gasteiger partial charge is 0.493 e. The molecule has 0 amide bonds. The van der Waals surface area contributed by atoms with Crippen LogP contribution in [0.15, 0.2) is 46.2 Å². The van der Waals surface area contributed by atoms with Gasteiger partial charge in [0.05, 0.1) is 26.2 Å². The summed E-state index contributed by atoms with van der Waals surface area (Å²) >= 11 is 0. The summed E-state index contributed by atoms with van der Waals surface area (Å²) in [6, 6.07) is 11.3. The van der Waals surface area contributed by atoms with Gasteiger partial charge in [-0.15, -0.1) is 0 Å². The zero-order chi connectivity index (χ0) is 19.3. The molecule has 6 nitrogen and oxygen atoms in total. The number of hydrogen-bond acceptors (Lipinski definition) is 6. The molecule has 0 fully saturated rings. The van der Waals surface area contributed by atoms with Crippen molar-refractivity contribution in [2.45, 2.75) is 11.8 Å². The van der Waals surface area contributed by atoms with Gasteiger partial charge < -0.3 is 14.2 Å². The molecule has 0 aliphatic rings. The molecule has 2 rings (SSSR count). The van der Waals surface area contributed by atoms with Crippen LogP contribution in [0.3, 0.4) is 0 Å². The molecule has 0 atom stereocenters. The summed E-state index contributed by atoms with van der Waals surface area (Å²) in [7, 11) is 0.400. The van der Waals surface area contributed by atoms with Crippen LogP contribution in [0.4, 0.5) is 0 Å². The summed E-state index contributed by atoms with van der Waals surface area (Å²) in [4.78, 5) is -0.345. The third kappa shape index (κ3) is 3.65. The van der Waals surface area contributed by atoms with Crippen molar-refractivity contribution in [3.63, 3.8) is 0 Å². The molecule has 0 aliphatic heterocycles. The number of methoxy groups -OCH3 is 3. The first kappa shape index (κ1) is 19.3. The van der Waals surface area contributed by atoms with Crippen molar-refractivity contribution in [3.05, 3.63) is 52.4 Å². The normalized spacial score (nSPS) is 11.6. The second-order valence-electron chi connectivity index (χ2n) is 5.36. The van der Waals surface area contributed by atoms with E-state index in [1.807, 2.05) is 6.92 Å². The maximum absolute atomic E-state index is 12.8. The Kier molecular flexibility index (Phi) is 5.90. The highest BCUT2D eigenvalue weighted by atomic mass is 32.2. The van der Waals surface area contributed by atoms with Crippen LogP contribution >= 0.6 is 0 Å². The third-order valence-corrected chi connectivity index (χ3v) is 5.43. The molecule has 0 saturated heterocycles. The number of nitriles is 1. The fourth-order valence-electron chi connectivity index (χ4n) is 2.39. The van der Waals surface area contributed by atoms with E-state index >= 15 is 0 Å². The maximum atomic E-state index is 12.8. The standard InChI is InChI=1S/C19H19NO5S/c1-13-5-8-15(9-6-13)26(21,22)16(12-20)11-14-7-10-17(23-2)19(25-4)18(14)24-3/h5-11H,1-4H3/b16-11+. The van der Waals surface area contributed by atoms with Crippen LogP contribution in [-0.4, -0.2) is 29.7 Å². The SMILES string of the molecule is COc1ccc(/C=C(\C#N)S(=O)(=O)c2ccc(C)cc2)c(OC)c1OC. The number of sulfone groups is 1. The van der Waals surface area contributed by atoms with Crippen LogP contribution < -0.4 is 14.2 Å². The minimum absolute atomic E-state index is 0.0512. The Bertz CT molecular complexity index is 970. The van der Waals surface area contributed by atoms with Crippen molar-refractivity contribution in [1.82, 2.24) is 0 Å². The molecule has 0 aromatic heterocycles. The molecule has 0 heterocycles. The Morgan fingerprint density at radius 3 is 2.08 bits per heavy atom. The van der Waals surface area contributed by atoms with E-state index in [0.29, 0.717) is 17.1 Å².